The van der Waals surface area contributed by atoms with Gasteiger partial charge in [0, 0.05) is 16.6 Å². The zero-order valence-electron chi connectivity index (χ0n) is 21.3. The Morgan fingerprint density at radius 1 is 0.912 bits per heavy atom. The van der Waals surface area contributed by atoms with Gasteiger partial charge in [0.2, 0.25) is 0 Å². The van der Waals surface area contributed by atoms with Crippen LogP contribution in [-0.2, 0) is 16.0 Å². The van der Waals surface area contributed by atoms with E-state index in [1.807, 2.05) is 52.8 Å². The molecule has 0 aromatic heterocycles. The molecular weight excluding hydrogens is 424 g/mol. The number of hydrogen-bond donors (Lipinski definition) is 2. The zero-order valence-corrected chi connectivity index (χ0v) is 21.3. The number of ether oxygens (including phenoxy) is 2. The summed E-state index contributed by atoms with van der Waals surface area (Å²) in [5.41, 5.74) is 15.6. The molecule has 0 saturated carbocycles. The van der Waals surface area contributed by atoms with E-state index in [0.29, 0.717) is 19.6 Å². The summed E-state index contributed by atoms with van der Waals surface area (Å²) in [5, 5.41) is 0. The molecule has 34 heavy (non-hydrogen) atoms. The summed E-state index contributed by atoms with van der Waals surface area (Å²) >= 11 is 0. The van der Waals surface area contributed by atoms with Gasteiger partial charge >= 0.3 is 5.97 Å². The molecule has 2 aromatic carbocycles. The average molecular weight is 465 g/mol. The summed E-state index contributed by atoms with van der Waals surface area (Å²) in [5.74, 6) is 0.618. The van der Waals surface area contributed by atoms with Crippen molar-refractivity contribution in [1.29, 1.82) is 0 Å². The Kier molecular flexibility index (Phi) is 7.89. The van der Waals surface area contributed by atoms with Gasteiger partial charge in [-0.25, -0.2) is 0 Å². The van der Waals surface area contributed by atoms with Gasteiger partial charge in [-0.05, 0) is 89.1 Å². The molecule has 0 heterocycles. The van der Waals surface area contributed by atoms with Crippen LogP contribution in [0.25, 0.3) is 11.6 Å². The molecule has 0 spiro atoms. The minimum absolute atomic E-state index is 0.290. The first-order valence-corrected chi connectivity index (χ1v) is 12.2. The van der Waals surface area contributed by atoms with Crippen LogP contribution in [0.5, 0.6) is 5.75 Å². The van der Waals surface area contributed by atoms with Gasteiger partial charge in [-0.1, -0.05) is 42.5 Å². The first-order valence-electron chi connectivity index (χ1n) is 12.2. The van der Waals surface area contributed by atoms with Crippen molar-refractivity contribution in [1.82, 2.24) is 0 Å². The van der Waals surface area contributed by atoms with Crippen LogP contribution in [0, 0.1) is 5.41 Å². The SMILES string of the molecule is CC(C)(N)CC(C)(N)C(C)(C)C(=O)OCCCCOc1cccc2c1C=C(c1ccccc1)C2. The molecule has 0 aliphatic heterocycles. The second kappa shape index (κ2) is 10.3. The van der Waals surface area contributed by atoms with Crippen molar-refractivity contribution in [3.05, 3.63) is 65.2 Å². The molecule has 1 aliphatic rings. The average Bonchev–Trinajstić information content (AvgIpc) is 3.20. The number of rotatable bonds is 11. The lowest BCUT2D eigenvalue weighted by Crippen LogP contribution is -2.59. The number of esters is 1. The first kappa shape index (κ1) is 26.0. The van der Waals surface area contributed by atoms with Gasteiger partial charge < -0.3 is 20.9 Å². The molecule has 1 atom stereocenters. The van der Waals surface area contributed by atoms with Crippen LogP contribution in [0.2, 0.25) is 0 Å². The first-order chi connectivity index (χ1) is 15.9. The second-order valence-corrected chi connectivity index (χ2v) is 10.9. The minimum Gasteiger partial charge on any atom is -0.493 e. The minimum atomic E-state index is -0.840. The van der Waals surface area contributed by atoms with Gasteiger partial charge in [0.1, 0.15) is 5.75 Å². The molecule has 0 amide bonds. The molecular formula is C29H40N2O3. The van der Waals surface area contributed by atoms with Crippen LogP contribution in [0.4, 0.5) is 0 Å². The molecule has 184 valence electrons. The smallest absolute Gasteiger partial charge is 0.313 e. The van der Waals surface area contributed by atoms with Crippen molar-refractivity contribution < 1.29 is 14.3 Å². The number of allylic oxidation sites excluding steroid dienone is 1. The lowest BCUT2D eigenvalue weighted by atomic mass is 9.68. The molecule has 5 heteroatoms. The molecule has 0 saturated heterocycles. The summed E-state index contributed by atoms with van der Waals surface area (Å²) in [6.07, 6.45) is 5.19. The van der Waals surface area contributed by atoms with Crippen molar-refractivity contribution in [2.75, 3.05) is 13.2 Å². The third-order valence-corrected chi connectivity index (χ3v) is 6.79. The zero-order chi connectivity index (χ0) is 25.0. The predicted molar refractivity (Wildman–Crippen MR) is 139 cm³/mol. The Morgan fingerprint density at radius 3 is 2.26 bits per heavy atom. The topological polar surface area (TPSA) is 87.6 Å². The van der Waals surface area contributed by atoms with Gasteiger partial charge in [-0.2, -0.15) is 0 Å². The molecule has 1 aliphatic carbocycles. The van der Waals surface area contributed by atoms with Gasteiger partial charge in [-0.15, -0.1) is 0 Å². The molecule has 5 nitrogen and oxygen atoms in total. The maximum absolute atomic E-state index is 12.7. The Morgan fingerprint density at radius 2 is 1.59 bits per heavy atom. The monoisotopic (exact) mass is 464 g/mol. The van der Waals surface area contributed by atoms with E-state index in [1.54, 1.807) is 0 Å². The third kappa shape index (κ3) is 6.28. The standard InChI is InChI=1S/C29H40N2O3/c1-27(2,30)20-29(5,31)28(3,4)26(32)34-17-10-9-16-33-25-15-11-14-22-18-23(19-24(22)25)21-12-7-6-8-13-21/h6-8,11-15,19H,9-10,16-18,20,30-31H2,1-5H3. The number of carbonyl (C=O) groups excluding carboxylic acids is 1. The van der Waals surface area contributed by atoms with E-state index in [-0.39, 0.29) is 5.97 Å². The lowest BCUT2D eigenvalue weighted by molar-refractivity contribution is -0.158. The van der Waals surface area contributed by atoms with Crippen molar-refractivity contribution >= 4 is 17.6 Å². The maximum atomic E-state index is 12.7. The van der Waals surface area contributed by atoms with Gasteiger partial charge in [0.15, 0.2) is 0 Å². The fraction of sp³-hybridized carbons (Fsp3) is 0.483. The summed E-state index contributed by atoms with van der Waals surface area (Å²) in [7, 11) is 0. The fourth-order valence-corrected chi connectivity index (χ4v) is 4.43. The molecule has 3 rings (SSSR count). The van der Waals surface area contributed by atoms with Crippen LogP contribution >= 0.6 is 0 Å². The van der Waals surface area contributed by atoms with Gasteiger partial charge in [-0.3, -0.25) is 4.79 Å². The molecule has 0 bridgehead atoms. The number of fused-ring (bicyclic) bond motifs is 1. The number of hydrogen-bond acceptors (Lipinski definition) is 5. The highest BCUT2D eigenvalue weighted by atomic mass is 16.5. The van der Waals surface area contributed by atoms with Crippen LogP contribution in [0.1, 0.15) is 70.6 Å². The summed E-state index contributed by atoms with van der Waals surface area (Å²) in [6.45, 7) is 10.3. The van der Waals surface area contributed by atoms with E-state index < -0.39 is 16.5 Å². The van der Waals surface area contributed by atoms with E-state index in [1.165, 1.54) is 22.3 Å². The van der Waals surface area contributed by atoms with E-state index in [2.05, 4.69) is 36.4 Å². The number of nitrogens with two attached hydrogens (primary N) is 2. The quantitative estimate of drug-likeness (QED) is 0.345. The van der Waals surface area contributed by atoms with Crippen LogP contribution in [0.15, 0.2) is 48.5 Å². The summed E-state index contributed by atoms with van der Waals surface area (Å²) in [4.78, 5) is 12.7. The Labute approximate surface area is 204 Å². The Hall–Kier alpha value is -2.63. The highest BCUT2D eigenvalue weighted by Crippen LogP contribution is 2.37. The summed E-state index contributed by atoms with van der Waals surface area (Å²) in [6, 6.07) is 16.7. The van der Waals surface area contributed by atoms with E-state index in [9.17, 15) is 4.79 Å². The number of unbranched alkanes of at least 4 members (excludes halogenated alkanes) is 1. The molecule has 0 fully saturated rings. The second-order valence-electron chi connectivity index (χ2n) is 10.9. The van der Waals surface area contributed by atoms with Crippen molar-refractivity contribution in [3.63, 3.8) is 0 Å². The number of benzene rings is 2. The highest BCUT2D eigenvalue weighted by Gasteiger charge is 2.46. The van der Waals surface area contributed by atoms with Crippen molar-refractivity contribution in [2.24, 2.45) is 16.9 Å². The third-order valence-electron chi connectivity index (χ3n) is 6.79. The van der Waals surface area contributed by atoms with Crippen LogP contribution in [-0.4, -0.2) is 30.3 Å². The maximum Gasteiger partial charge on any atom is 0.313 e. The highest BCUT2D eigenvalue weighted by molar-refractivity contribution is 5.90. The molecule has 1 unspecified atom stereocenters. The normalized spacial score (nSPS) is 15.3. The summed E-state index contributed by atoms with van der Waals surface area (Å²) < 4.78 is 11.7. The molecule has 0 radical (unpaired) electrons. The van der Waals surface area contributed by atoms with E-state index in [0.717, 1.165) is 25.0 Å². The number of carbonyl (C=O) groups is 1. The van der Waals surface area contributed by atoms with E-state index >= 15 is 0 Å². The van der Waals surface area contributed by atoms with E-state index in [4.69, 9.17) is 20.9 Å². The van der Waals surface area contributed by atoms with Crippen molar-refractivity contribution in [3.8, 4) is 5.75 Å². The largest absolute Gasteiger partial charge is 0.493 e. The van der Waals surface area contributed by atoms with Crippen molar-refractivity contribution in [2.45, 2.75) is 71.4 Å². The Bertz CT molecular complexity index is 1020. The lowest BCUT2D eigenvalue weighted by Gasteiger charge is -2.42. The fourth-order valence-electron chi connectivity index (χ4n) is 4.43. The van der Waals surface area contributed by atoms with Crippen LogP contribution < -0.4 is 16.2 Å². The molecule has 4 N–H and O–H groups in total. The van der Waals surface area contributed by atoms with Gasteiger partial charge in [0.25, 0.3) is 0 Å². The van der Waals surface area contributed by atoms with Crippen LogP contribution in [0.3, 0.4) is 0 Å². The molecule has 2 aromatic rings. The van der Waals surface area contributed by atoms with Gasteiger partial charge in [0.05, 0.1) is 18.6 Å². The predicted octanol–water partition coefficient (Wildman–Crippen LogP) is 5.36. The Balaban J connectivity index is 1.47.